The molecule has 0 nitrogen and oxygen atoms in total. The summed E-state index contributed by atoms with van der Waals surface area (Å²) in [6.45, 7) is 16.6. The third-order valence-corrected chi connectivity index (χ3v) is 5.49. The van der Waals surface area contributed by atoms with Gasteiger partial charge >= 0.3 is 0 Å². The zero-order chi connectivity index (χ0) is 16.3. The van der Waals surface area contributed by atoms with Crippen LogP contribution in [0.3, 0.4) is 0 Å². The summed E-state index contributed by atoms with van der Waals surface area (Å²) in [6, 6.07) is 0. The van der Waals surface area contributed by atoms with Crippen LogP contribution in [0.4, 0.5) is 0 Å². The summed E-state index contributed by atoms with van der Waals surface area (Å²) in [7, 11) is 0. The van der Waals surface area contributed by atoms with Crippen molar-refractivity contribution in [2.75, 3.05) is 0 Å². The van der Waals surface area contributed by atoms with Crippen molar-refractivity contribution in [1.29, 1.82) is 0 Å². The van der Waals surface area contributed by atoms with E-state index in [2.05, 4.69) is 60.6 Å². The Morgan fingerprint density at radius 2 is 1.29 bits per heavy atom. The first kappa shape index (κ1) is 20.7. The molecule has 0 bridgehead atoms. The van der Waals surface area contributed by atoms with Gasteiger partial charge in [0.2, 0.25) is 0 Å². The molecule has 0 saturated heterocycles. The highest BCUT2D eigenvalue weighted by Crippen LogP contribution is 2.30. The second kappa shape index (κ2) is 12.3. The Labute approximate surface area is 135 Å². The van der Waals surface area contributed by atoms with Gasteiger partial charge in [0.05, 0.1) is 0 Å². The van der Waals surface area contributed by atoms with Crippen LogP contribution >= 0.6 is 0 Å². The van der Waals surface area contributed by atoms with E-state index in [0.29, 0.717) is 0 Å². The standard InChI is InChI=1S/C21H42/c1-8-12-17(5)13-14-18(6)19(7)15-21(11-4)16-20(9-2)10-3/h13-14,17-21H,8-12,15-16H2,1-7H3. The molecular weight excluding hydrogens is 252 g/mol. The molecule has 0 aliphatic carbocycles. The normalized spacial score (nSPS) is 18.1. The summed E-state index contributed by atoms with van der Waals surface area (Å²) in [4.78, 5) is 0. The molecule has 0 aromatic rings. The Hall–Kier alpha value is -0.260. The SMILES string of the molecule is CCCC(C)C=CC(C)C(C)CC(CC)CC(CC)CC. The fourth-order valence-electron chi connectivity index (χ4n) is 3.37. The lowest BCUT2D eigenvalue weighted by atomic mass is 9.80. The first-order valence-corrected chi connectivity index (χ1v) is 9.66. The summed E-state index contributed by atoms with van der Waals surface area (Å²) < 4.78 is 0. The van der Waals surface area contributed by atoms with Gasteiger partial charge in [-0.3, -0.25) is 0 Å². The summed E-state index contributed by atoms with van der Waals surface area (Å²) in [5.74, 6) is 4.15. The molecule has 0 aliphatic rings. The number of allylic oxidation sites excluding steroid dienone is 2. The van der Waals surface area contributed by atoms with Crippen molar-refractivity contribution in [1.82, 2.24) is 0 Å². The van der Waals surface area contributed by atoms with Gasteiger partial charge in [0.1, 0.15) is 0 Å². The largest absolute Gasteiger partial charge is 0.0854 e. The van der Waals surface area contributed by atoms with Gasteiger partial charge in [0.15, 0.2) is 0 Å². The predicted octanol–water partition coefficient (Wildman–Crippen LogP) is 7.49. The molecule has 126 valence electrons. The van der Waals surface area contributed by atoms with Gasteiger partial charge in [0.25, 0.3) is 0 Å². The van der Waals surface area contributed by atoms with Crippen LogP contribution in [0, 0.1) is 29.6 Å². The minimum atomic E-state index is 0.722. The van der Waals surface area contributed by atoms with Crippen LogP contribution in [0.25, 0.3) is 0 Å². The Morgan fingerprint density at radius 1 is 0.714 bits per heavy atom. The van der Waals surface area contributed by atoms with Crippen molar-refractivity contribution in [2.45, 2.75) is 93.4 Å². The molecule has 0 fully saturated rings. The number of hydrogen-bond acceptors (Lipinski definition) is 0. The molecule has 0 aromatic carbocycles. The fraction of sp³-hybridized carbons (Fsp3) is 0.905. The minimum absolute atomic E-state index is 0.722. The van der Waals surface area contributed by atoms with E-state index in [1.165, 1.54) is 44.9 Å². The molecule has 0 N–H and O–H groups in total. The molecule has 4 unspecified atom stereocenters. The molecule has 4 atom stereocenters. The molecule has 0 radical (unpaired) electrons. The smallest absolute Gasteiger partial charge is 0.0236 e. The quantitative estimate of drug-likeness (QED) is 0.327. The topological polar surface area (TPSA) is 0 Å². The lowest BCUT2D eigenvalue weighted by Gasteiger charge is -2.26. The first-order valence-electron chi connectivity index (χ1n) is 9.66. The zero-order valence-electron chi connectivity index (χ0n) is 16.0. The molecule has 0 heteroatoms. The van der Waals surface area contributed by atoms with E-state index in [1.807, 2.05) is 0 Å². The van der Waals surface area contributed by atoms with Gasteiger partial charge in [-0.25, -0.2) is 0 Å². The van der Waals surface area contributed by atoms with Crippen LogP contribution in [0.5, 0.6) is 0 Å². The summed E-state index contributed by atoms with van der Waals surface area (Å²) in [5, 5.41) is 0. The van der Waals surface area contributed by atoms with E-state index in [0.717, 1.165) is 29.6 Å². The maximum atomic E-state index is 2.48. The van der Waals surface area contributed by atoms with E-state index in [1.54, 1.807) is 0 Å². The lowest BCUT2D eigenvalue weighted by Crippen LogP contribution is -2.15. The summed E-state index contributed by atoms with van der Waals surface area (Å²) in [5.41, 5.74) is 0. The van der Waals surface area contributed by atoms with Crippen LogP contribution < -0.4 is 0 Å². The predicted molar refractivity (Wildman–Crippen MR) is 98.6 cm³/mol. The van der Waals surface area contributed by atoms with Crippen molar-refractivity contribution >= 4 is 0 Å². The highest BCUT2D eigenvalue weighted by molar-refractivity contribution is 4.92. The fourth-order valence-corrected chi connectivity index (χ4v) is 3.37. The monoisotopic (exact) mass is 294 g/mol. The second-order valence-corrected chi connectivity index (χ2v) is 7.42. The van der Waals surface area contributed by atoms with Crippen LogP contribution in [-0.4, -0.2) is 0 Å². The number of hydrogen-bond donors (Lipinski definition) is 0. The average Bonchev–Trinajstić information content (AvgIpc) is 2.48. The Morgan fingerprint density at radius 3 is 1.76 bits per heavy atom. The van der Waals surface area contributed by atoms with Gasteiger partial charge in [0, 0.05) is 0 Å². The van der Waals surface area contributed by atoms with E-state index in [9.17, 15) is 0 Å². The van der Waals surface area contributed by atoms with Crippen LogP contribution in [0.1, 0.15) is 93.4 Å². The van der Waals surface area contributed by atoms with Gasteiger partial charge in [-0.15, -0.1) is 0 Å². The third kappa shape index (κ3) is 9.38. The molecule has 0 aliphatic heterocycles. The van der Waals surface area contributed by atoms with Gasteiger partial charge in [-0.05, 0) is 48.9 Å². The highest BCUT2D eigenvalue weighted by Gasteiger charge is 2.18. The Bertz CT molecular complexity index is 249. The molecule has 0 amide bonds. The third-order valence-electron chi connectivity index (χ3n) is 5.49. The van der Waals surface area contributed by atoms with E-state index >= 15 is 0 Å². The van der Waals surface area contributed by atoms with Crippen LogP contribution in [-0.2, 0) is 0 Å². The minimum Gasteiger partial charge on any atom is -0.0854 e. The van der Waals surface area contributed by atoms with Crippen LogP contribution in [0.2, 0.25) is 0 Å². The molecular formula is C21H42. The maximum Gasteiger partial charge on any atom is -0.0236 e. The summed E-state index contributed by atoms with van der Waals surface area (Å²) in [6.07, 6.45) is 14.4. The average molecular weight is 295 g/mol. The maximum absolute atomic E-state index is 2.48. The molecule has 0 aromatic heterocycles. The lowest BCUT2D eigenvalue weighted by molar-refractivity contribution is 0.272. The molecule has 0 rings (SSSR count). The van der Waals surface area contributed by atoms with Gasteiger partial charge in [-0.1, -0.05) is 86.3 Å². The Balaban J connectivity index is 4.32. The Kier molecular flexibility index (Phi) is 12.1. The molecule has 0 heterocycles. The van der Waals surface area contributed by atoms with Gasteiger partial charge in [-0.2, -0.15) is 0 Å². The highest BCUT2D eigenvalue weighted by atomic mass is 14.2. The molecule has 21 heavy (non-hydrogen) atoms. The van der Waals surface area contributed by atoms with Crippen molar-refractivity contribution in [2.24, 2.45) is 29.6 Å². The molecule has 0 saturated carbocycles. The van der Waals surface area contributed by atoms with E-state index in [-0.39, 0.29) is 0 Å². The van der Waals surface area contributed by atoms with Crippen molar-refractivity contribution in [3.05, 3.63) is 12.2 Å². The second-order valence-electron chi connectivity index (χ2n) is 7.42. The first-order chi connectivity index (χ1) is 9.98. The van der Waals surface area contributed by atoms with Gasteiger partial charge < -0.3 is 0 Å². The van der Waals surface area contributed by atoms with Crippen molar-refractivity contribution in [3.63, 3.8) is 0 Å². The zero-order valence-corrected chi connectivity index (χ0v) is 16.0. The van der Waals surface area contributed by atoms with E-state index < -0.39 is 0 Å². The number of rotatable bonds is 12. The van der Waals surface area contributed by atoms with Crippen molar-refractivity contribution in [3.8, 4) is 0 Å². The summed E-state index contributed by atoms with van der Waals surface area (Å²) >= 11 is 0. The van der Waals surface area contributed by atoms with Crippen molar-refractivity contribution < 1.29 is 0 Å². The molecule has 0 spiro atoms. The van der Waals surface area contributed by atoms with E-state index in [4.69, 9.17) is 0 Å². The van der Waals surface area contributed by atoms with Crippen LogP contribution in [0.15, 0.2) is 12.2 Å².